The number of halogens is 4. The third-order valence-electron chi connectivity index (χ3n) is 3.11. The molecule has 0 saturated heterocycles. The number of unbranched alkanes of at least 4 members (excludes halogenated alkanes) is 6. The highest BCUT2D eigenvalue weighted by atomic mass is 32.2. The number of hydrogen-bond donors (Lipinski definition) is 0. The van der Waals surface area contributed by atoms with Gasteiger partial charge in [-0.15, -0.1) is 0 Å². The molecule has 0 amide bonds. The van der Waals surface area contributed by atoms with Crippen LogP contribution in [0, 0.1) is 0 Å². The molecule has 0 aliphatic rings. The van der Waals surface area contributed by atoms with Crippen LogP contribution < -0.4 is 0 Å². The summed E-state index contributed by atoms with van der Waals surface area (Å²) < 4.78 is 39.0. The fourth-order valence-electron chi connectivity index (χ4n) is 1.97. The molecule has 0 atom stereocenters. The van der Waals surface area contributed by atoms with Crippen molar-refractivity contribution in [3.05, 3.63) is 0 Å². The molecule has 0 N–H and O–H groups in total. The van der Waals surface area contributed by atoms with Gasteiger partial charge in [0.25, 0.3) is 0 Å². The van der Waals surface area contributed by atoms with Crippen molar-refractivity contribution in [2.45, 2.75) is 78.6 Å². The molecule has 6 heteroatoms. The van der Waals surface area contributed by atoms with E-state index in [-0.39, 0.29) is 0 Å². The van der Waals surface area contributed by atoms with Gasteiger partial charge in [-0.2, -0.15) is 0 Å². The quantitative estimate of drug-likeness (QED) is 0.166. The highest BCUT2D eigenvalue weighted by Gasteiger charge is 2.20. The largest absolute Gasteiger partial charge is 0.673 e. The normalized spacial score (nSPS) is 11.4. The summed E-state index contributed by atoms with van der Waals surface area (Å²) in [7, 11) is -5.23. The first kappa shape index (κ1) is 23.4. The van der Waals surface area contributed by atoms with E-state index in [0.717, 1.165) is 10.9 Å². The van der Waals surface area contributed by atoms with Crippen molar-refractivity contribution in [3.8, 4) is 0 Å². The Bertz CT molecular complexity index is 171. The zero-order chi connectivity index (χ0) is 16.6. The summed E-state index contributed by atoms with van der Waals surface area (Å²) in [5.41, 5.74) is 0. The summed E-state index contributed by atoms with van der Waals surface area (Å²) in [6.45, 7) is 6.94. The predicted octanol–water partition coefficient (Wildman–Crippen LogP) is 6.48. The molecular formula is C15H33BF4S. The zero-order valence-corrected chi connectivity index (χ0v) is 14.8. The van der Waals surface area contributed by atoms with E-state index in [1.807, 2.05) is 0 Å². The summed E-state index contributed by atoms with van der Waals surface area (Å²) in [4.78, 5) is 0. The second-order valence-corrected chi connectivity index (χ2v) is 7.79. The van der Waals surface area contributed by atoms with Crippen molar-refractivity contribution in [1.29, 1.82) is 0 Å². The molecule has 130 valence electrons. The molecule has 0 radical (unpaired) electrons. The summed E-state index contributed by atoms with van der Waals surface area (Å²) in [6, 6.07) is 0. The van der Waals surface area contributed by atoms with E-state index in [2.05, 4.69) is 20.8 Å². The van der Waals surface area contributed by atoms with Crippen LogP contribution in [0.15, 0.2) is 0 Å². The zero-order valence-electron chi connectivity index (χ0n) is 14.0. The molecule has 0 fully saturated rings. The van der Waals surface area contributed by atoms with Crippen molar-refractivity contribution in [2.75, 3.05) is 17.3 Å². The van der Waals surface area contributed by atoms with Gasteiger partial charge in [0, 0.05) is 0 Å². The summed E-state index contributed by atoms with van der Waals surface area (Å²) in [5.74, 6) is 4.59. The monoisotopic (exact) mass is 332 g/mol. The van der Waals surface area contributed by atoms with E-state index in [0.29, 0.717) is 0 Å². The lowest BCUT2D eigenvalue weighted by Gasteiger charge is -2.08. The Morgan fingerprint density at radius 1 is 0.571 bits per heavy atom. The first-order valence-electron chi connectivity index (χ1n) is 8.36. The van der Waals surface area contributed by atoms with Crippen molar-refractivity contribution in [2.24, 2.45) is 0 Å². The van der Waals surface area contributed by atoms with Crippen molar-refractivity contribution in [1.82, 2.24) is 0 Å². The summed E-state index contributed by atoms with van der Waals surface area (Å²) in [5, 5.41) is 0. The van der Waals surface area contributed by atoms with Gasteiger partial charge in [-0.25, -0.2) is 0 Å². The molecule has 0 aliphatic carbocycles. The minimum atomic E-state index is -6.00. The molecule has 0 aromatic rings. The van der Waals surface area contributed by atoms with Crippen LogP contribution in [0.5, 0.6) is 0 Å². The Morgan fingerprint density at radius 2 is 0.810 bits per heavy atom. The first-order valence-corrected chi connectivity index (χ1v) is 10.1. The molecule has 0 saturated carbocycles. The highest BCUT2D eigenvalue weighted by molar-refractivity contribution is 7.96. The molecule has 0 heterocycles. The molecule has 0 aromatic heterocycles. The van der Waals surface area contributed by atoms with Gasteiger partial charge in [0.1, 0.15) is 17.3 Å². The fourth-order valence-corrected chi connectivity index (χ4v) is 4.42. The van der Waals surface area contributed by atoms with Gasteiger partial charge in [-0.05, 0) is 49.4 Å². The van der Waals surface area contributed by atoms with Crippen LogP contribution in [-0.4, -0.2) is 24.5 Å². The van der Waals surface area contributed by atoms with Gasteiger partial charge in [-0.3, -0.25) is 0 Å². The standard InChI is InChI=1S/C15H33S.BF4/c1-4-7-10-13-16(14-11-8-5-2)15-12-9-6-3;2-1(3,4)5/h4-15H2,1-3H3;/q+1;-1. The van der Waals surface area contributed by atoms with Crippen molar-refractivity contribution >= 4 is 18.1 Å². The SMILES string of the molecule is CCCCC[S+](CCCCC)CCCCC.F[B-](F)(F)F. The Morgan fingerprint density at radius 3 is 1.00 bits per heavy atom. The van der Waals surface area contributed by atoms with E-state index >= 15 is 0 Å². The molecule has 0 spiro atoms. The van der Waals surface area contributed by atoms with Gasteiger partial charge < -0.3 is 17.3 Å². The van der Waals surface area contributed by atoms with Crippen LogP contribution in [0.4, 0.5) is 17.3 Å². The molecule has 0 bridgehead atoms. The van der Waals surface area contributed by atoms with Crippen LogP contribution in [0.1, 0.15) is 78.6 Å². The Hall–Kier alpha value is 0.135. The average Bonchev–Trinajstić information content (AvgIpc) is 2.37. The second kappa shape index (κ2) is 16.5. The highest BCUT2D eigenvalue weighted by Crippen LogP contribution is 2.11. The molecule has 0 aliphatic heterocycles. The van der Waals surface area contributed by atoms with Gasteiger partial charge in [0.15, 0.2) is 0 Å². The molecular weight excluding hydrogens is 299 g/mol. The molecule has 21 heavy (non-hydrogen) atoms. The minimum absolute atomic E-state index is 0.771. The lowest BCUT2D eigenvalue weighted by Crippen LogP contribution is -2.16. The average molecular weight is 332 g/mol. The Labute approximate surface area is 131 Å². The molecule has 0 rings (SSSR count). The van der Waals surface area contributed by atoms with E-state index < -0.39 is 7.25 Å². The lowest BCUT2D eigenvalue weighted by atomic mass is 10.3. The Kier molecular flexibility index (Phi) is 18.4. The number of rotatable bonds is 12. The smallest absolute Gasteiger partial charge is 0.418 e. The number of hydrogen-bond acceptors (Lipinski definition) is 0. The lowest BCUT2D eigenvalue weighted by molar-refractivity contribution is 0.368. The second-order valence-electron chi connectivity index (χ2n) is 5.34. The van der Waals surface area contributed by atoms with Crippen molar-refractivity contribution < 1.29 is 17.3 Å². The van der Waals surface area contributed by atoms with Gasteiger partial charge >= 0.3 is 7.25 Å². The van der Waals surface area contributed by atoms with E-state index in [9.17, 15) is 17.3 Å². The topological polar surface area (TPSA) is 0 Å². The van der Waals surface area contributed by atoms with Crippen molar-refractivity contribution in [3.63, 3.8) is 0 Å². The van der Waals surface area contributed by atoms with E-state index in [1.165, 1.54) is 75.0 Å². The minimum Gasteiger partial charge on any atom is -0.418 e. The molecule has 0 aromatic carbocycles. The summed E-state index contributed by atoms with van der Waals surface area (Å²) in [6.07, 6.45) is 12.9. The van der Waals surface area contributed by atoms with Crippen LogP contribution in [0.2, 0.25) is 0 Å². The Balaban J connectivity index is 0. The van der Waals surface area contributed by atoms with Gasteiger partial charge in [0.05, 0.1) is 0 Å². The maximum Gasteiger partial charge on any atom is 0.673 e. The fraction of sp³-hybridized carbons (Fsp3) is 1.00. The van der Waals surface area contributed by atoms with Crippen LogP contribution >= 0.6 is 0 Å². The predicted molar refractivity (Wildman–Crippen MR) is 90.7 cm³/mol. The first-order chi connectivity index (χ1) is 9.85. The third-order valence-corrected chi connectivity index (χ3v) is 5.71. The van der Waals surface area contributed by atoms with E-state index in [4.69, 9.17) is 0 Å². The molecule has 0 unspecified atom stereocenters. The maximum atomic E-state index is 9.75. The molecule has 0 nitrogen and oxygen atoms in total. The van der Waals surface area contributed by atoms with Crippen LogP contribution in [-0.2, 0) is 10.9 Å². The van der Waals surface area contributed by atoms with Gasteiger partial charge in [-0.1, -0.05) is 40.0 Å². The van der Waals surface area contributed by atoms with E-state index in [1.54, 1.807) is 0 Å². The maximum absolute atomic E-state index is 9.75. The van der Waals surface area contributed by atoms with Crippen LogP contribution in [0.25, 0.3) is 0 Å². The van der Waals surface area contributed by atoms with Crippen LogP contribution in [0.3, 0.4) is 0 Å². The summed E-state index contributed by atoms with van der Waals surface area (Å²) >= 11 is 0. The van der Waals surface area contributed by atoms with Gasteiger partial charge in [0.2, 0.25) is 0 Å². The third kappa shape index (κ3) is 28.9.